The zero-order valence-corrected chi connectivity index (χ0v) is 11.7. The van der Waals surface area contributed by atoms with E-state index in [4.69, 9.17) is 0 Å². The summed E-state index contributed by atoms with van der Waals surface area (Å²) < 4.78 is 0. The first-order valence-corrected chi connectivity index (χ1v) is 7.14. The van der Waals surface area contributed by atoms with Crippen molar-refractivity contribution in [1.82, 2.24) is 5.32 Å². The van der Waals surface area contributed by atoms with Gasteiger partial charge in [0.2, 0.25) is 0 Å². The van der Waals surface area contributed by atoms with Crippen LogP contribution in [0.2, 0.25) is 0 Å². The second-order valence-electron chi connectivity index (χ2n) is 5.75. The van der Waals surface area contributed by atoms with Gasteiger partial charge >= 0.3 is 0 Å². The van der Waals surface area contributed by atoms with Crippen molar-refractivity contribution in [2.75, 3.05) is 0 Å². The number of fused-ring (bicyclic) bond motifs is 1. The average Bonchev–Trinajstić information content (AvgIpc) is 2.36. The van der Waals surface area contributed by atoms with E-state index < -0.39 is 6.10 Å². The maximum absolute atomic E-state index is 10.5. The van der Waals surface area contributed by atoms with Crippen molar-refractivity contribution in [3.05, 3.63) is 34.9 Å². The zero-order valence-electron chi connectivity index (χ0n) is 11.7. The van der Waals surface area contributed by atoms with Crippen LogP contribution in [0.4, 0.5) is 0 Å². The first-order valence-electron chi connectivity index (χ1n) is 7.14. The molecule has 0 saturated heterocycles. The minimum absolute atomic E-state index is 0.0958. The molecule has 0 aromatic heterocycles. The number of hydrogen-bond acceptors (Lipinski definition) is 2. The topological polar surface area (TPSA) is 32.3 Å². The van der Waals surface area contributed by atoms with E-state index in [0.717, 1.165) is 12.0 Å². The van der Waals surface area contributed by atoms with Crippen LogP contribution < -0.4 is 5.32 Å². The van der Waals surface area contributed by atoms with Gasteiger partial charge < -0.3 is 10.4 Å². The van der Waals surface area contributed by atoms with Crippen LogP contribution in [0.1, 0.15) is 56.4 Å². The Balaban J connectivity index is 2.22. The van der Waals surface area contributed by atoms with Crippen LogP contribution in [-0.2, 0) is 12.8 Å². The van der Waals surface area contributed by atoms with E-state index in [1.807, 2.05) is 0 Å². The zero-order chi connectivity index (χ0) is 13.1. The molecule has 0 fully saturated rings. The van der Waals surface area contributed by atoms with Gasteiger partial charge in [0, 0.05) is 12.1 Å². The summed E-state index contributed by atoms with van der Waals surface area (Å²) in [6.07, 6.45) is 4.42. The largest absolute Gasteiger partial charge is 0.387 e. The number of rotatable bonds is 4. The Hall–Kier alpha value is -0.860. The smallest absolute Gasteiger partial charge is 0.0943 e. The number of aliphatic hydroxyl groups excluding tert-OH is 1. The van der Waals surface area contributed by atoms with Crippen molar-refractivity contribution in [1.29, 1.82) is 0 Å². The number of aliphatic hydroxyl groups is 1. The van der Waals surface area contributed by atoms with Crippen molar-refractivity contribution < 1.29 is 5.11 Å². The number of aryl methyl sites for hydroxylation is 1. The van der Waals surface area contributed by atoms with Crippen LogP contribution in [0.3, 0.4) is 0 Å². The molecule has 18 heavy (non-hydrogen) atoms. The van der Waals surface area contributed by atoms with E-state index in [9.17, 15) is 5.11 Å². The van der Waals surface area contributed by atoms with Crippen molar-refractivity contribution in [3.8, 4) is 0 Å². The minimum Gasteiger partial charge on any atom is -0.387 e. The molecule has 1 aromatic rings. The van der Waals surface area contributed by atoms with E-state index in [-0.39, 0.29) is 6.04 Å². The molecule has 0 saturated carbocycles. The van der Waals surface area contributed by atoms with Gasteiger partial charge in [-0.05, 0) is 49.3 Å². The first-order chi connectivity index (χ1) is 8.59. The van der Waals surface area contributed by atoms with Gasteiger partial charge in [0.05, 0.1) is 6.10 Å². The van der Waals surface area contributed by atoms with Crippen molar-refractivity contribution in [2.45, 2.75) is 64.6 Å². The molecule has 2 heteroatoms. The van der Waals surface area contributed by atoms with Gasteiger partial charge in [-0.1, -0.05) is 32.0 Å². The van der Waals surface area contributed by atoms with Gasteiger partial charge in [0.1, 0.15) is 0 Å². The predicted octanol–water partition coefficient (Wildman–Crippen LogP) is 2.99. The number of nitrogens with one attached hydrogen (secondary N) is 1. The predicted molar refractivity (Wildman–Crippen MR) is 75.8 cm³/mol. The molecule has 0 unspecified atom stereocenters. The second kappa shape index (κ2) is 5.85. The highest BCUT2D eigenvalue weighted by Crippen LogP contribution is 2.29. The Labute approximate surface area is 110 Å². The quantitative estimate of drug-likeness (QED) is 0.857. The summed E-state index contributed by atoms with van der Waals surface area (Å²) in [5.74, 6) is 0. The second-order valence-corrected chi connectivity index (χ2v) is 5.75. The van der Waals surface area contributed by atoms with Gasteiger partial charge in [-0.2, -0.15) is 0 Å². The number of hydrogen-bond donors (Lipinski definition) is 2. The summed E-state index contributed by atoms with van der Waals surface area (Å²) >= 11 is 0. The minimum atomic E-state index is -0.402. The maximum atomic E-state index is 10.5. The Kier molecular flexibility index (Phi) is 4.41. The third kappa shape index (κ3) is 2.93. The molecule has 0 heterocycles. The van der Waals surface area contributed by atoms with E-state index in [1.165, 1.54) is 30.4 Å². The van der Waals surface area contributed by atoms with Gasteiger partial charge in [-0.3, -0.25) is 0 Å². The fraction of sp³-hybridized carbons (Fsp3) is 0.625. The molecule has 0 amide bonds. The molecule has 2 nitrogen and oxygen atoms in total. The molecule has 1 aromatic carbocycles. The lowest BCUT2D eigenvalue weighted by Crippen LogP contribution is -2.37. The third-order valence-corrected chi connectivity index (χ3v) is 3.82. The van der Waals surface area contributed by atoms with Gasteiger partial charge in [-0.25, -0.2) is 0 Å². The molecule has 1 aliphatic rings. The van der Waals surface area contributed by atoms with Crippen molar-refractivity contribution >= 4 is 0 Å². The lowest BCUT2D eigenvalue weighted by molar-refractivity contribution is 0.130. The van der Waals surface area contributed by atoms with Crippen LogP contribution in [-0.4, -0.2) is 17.2 Å². The fourth-order valence-electron chi connectivity index (χ4n) is 2.97. The maximum Gasteiger partial charge on any atom is 0.0943 e. The van der Waals surface area contributed by atoms with Gasteiger partial charge in [0.25, 0.3) is 0 Å². The molecule has 0 radical (unpaired) electrons. The standard InChI is InChI=1S/C16H25NO/c1-11(2)17-12(3)16(18)15-10-6-8-13-7-4-5-9-14(13)15/h6,8,10-12,16-18H,4-5,7,9H2,1-3H3/t12-,16-/m0/s1. The summed E-state index contributed by atoms with van der Waals surface area (Å²) in [7, 11) is 0. The monoisotopic (exact) mass is 247 g/mol. The molecule has 100 valence electrons. The lowest BCUT2D eigenvalue weighted by atomic mass is 9.85. The molecular formula is C16H25NO. The van der Waals surface area contributed by atoms with Crippen LogP contribution in [0, 0.1) is 0 Å². The Morgan fingerprint density at radius 1 is 1.11 bits per heavy atom. The van der Waals surface area contributed by atoms with Crippen molar-refractivity contribution in [2.24, 2.45) is 0 Å². The summed E-state index contributed by atoms with van der Waals surface area (Å²) in [6.45, 7) is 6.29. The normalized spacial score (nSPS) is 18.5. The van der Waals surface area contributed by atoms with Crippen LogP contribution in [0.25, 0.3) is 0 Å². The highest BCUT2D eigenvalue weighted by atomic mass is 16.3. The fourth-order valence-corrected chi connectivity index (χ4v) is 2.97. The lowest BCUT2D eigenvalue weighted by Gasteiger charge is -2.27. The highest BCUT2D eigenvalue weighted by molar-refractivity contribution is 5.38. The van der Waals surface area contributed by atoms with E-state index >= 15 is 0 Å². The average molecular weight is 247 g/mol. The molecule has 0 bridgehead atoms. The summed E-state index contributed by atoms with van der Waals surface area (Å²) in [5.41, 5.74) is 3.97. The molecule has 1 aliphatic carbocycles. The molecule has 0 spiro atoms. The van der Waals surface area contributed by atoms with Crippen molar-refractivity contribution in [3.63, 3.8) is 0 Å². The molecule has 2 N–H and O–H groups in total. The molecule has 0 aliphatic heterocycles. The van der Waals surface area contributed by atoms with E-state index in [1.54, 1.807) is 0 Å². The third-order valence-electron chi connectivity index (χ3n) is 3.82. The van der Waals surface area contributed by atoms with E-state index in [2.05, 4.69) is 44.3 Å². The van der Waals surface area contributed by atoms with Gasteiger partial charge in [-0.15, -0.1) is 0 Å². The number of benzene rings is 1. The first kappa shape index (κ1) is 13.6. The molecule has 2 atom stereocenters. The van der Waals surface area contributed by atoms with Crippen LogP contribution in [0.15, 0.2) is 18.2 Å². The summed E-state index contributed by atoms with van der Waals surface area (Å²) in [5, 5.41) is 13.9. The molecular weight excluding hydrogens is 222 g/mol. The van der Waals surface area contributed by atoms with Crippen LogP contribution >= 0.6 is 0 Å². The summed E-state index contributed by atoms with van der Waals surface area (Å²) in [6, 6.07) is 6.89. The van der Waals surface area contributed by atoms with Gasteiger partial charge in [0.15, 0.2) is 0 Å². The highest BCUT2D eigenvalue weighted by Gasteiger charge is 2.22. The Morgan fingerprint density at radius 2 is 1.83 bits per heavy atom. The summed E-state index contributed by atoms with van der Waals surface area (Å²) in [4.78, 5) is 0. The Bertz CT molecular complexity index is 400. The molecule has 2 rings (SSSR count). The van der Waals surface area contributed by atoms with Crippen LogP contribution in [0.5, 0.6) is 0 Å². The Morgan fingerprint density at radius 3 is 2.56 bits per heavy atom. The SMILES string of the molecule is CC(C)N[C@@H](C)[C@H](O)c1cccc2c1CCCC2. The van der Waals surface area contributed by atoms with E-state index in [0.29, 0.717) is 6.04 Å².